The number of hydrogen-bond donors (Lipinski definition) is 0. The van der Waals surface area contributed by atoms with Crippen molar-refractivity contribution in [2.24, 2.45) is 5.41 Å². The molecule has 2 unspecified atom stereocenters. The van der Waals surface area contributed by atoms with Gasteiger partial charge in [-0.05, 0) is 22.0 Å². The second-order valence-corrected chi connectivity index (χ2v) is 6.51. The topological polar surface area (TPSA) is 52.4 Å². The smallest absolute Gasteiger partial charge is 0.315 e. The Morgan fingerprint density at radius 3 is 2.68 bits per heavy atom. The predicted octanol–water partition coefficient (Wildman–Crippen LogP) is 4.28. The van der Waals surface area contributed by atoms with Gasteiger partial charge in [-0.25, -0.2) is 4.39 Å². The summed E-state index contributed by atoms with van der Waals surface area (Å²) in [5, 5.41) is 10.9. The van der Waals surface area contributed by atoms with Gasteiger partial charge in [-0.2, -0.15) is 0 Å². The predicted molar refractivity (Wildman–Crippen MR) is 73.2 cm³/mol. The van der Waals surface area contributed by atoms with Gasteiger partial charge in [0, 0.05) is 17.2 Å². The number of hydrogen-bond acceptors (Lipinski definition) is 3. The molecule has 0 saturated heterocycles. The summed E-state index contributed by atoms with van der Waals surface area (Å²) in [6.45, 7) is 3.87. The minimum atomic E-state index is -0.686. The first kappa shape index (κ1) is 14.5. The highest BCUT2D eigenvalue weighted by Gasteiger charge is 2.49. The van der Waals surface area contributed by atoms with Crippen LogP contribution in [0.15, 0.2) is 16.6 Å². The maximum Gasteiger partial charge on any atom is 0.315 e. The van der Waals surface area contributed by atoms with Crippen LogP contribution in [0.5, 0.6) is 5.75 Å². The van der Waals surface area contributed by atoms with E-state index >= 15 is 0 Å². The number of nitro groups is 1. The summed E-state index contributed by atoms with van der Waals surface area (Å²) in [6.07, 6.45) is 0.380. The van der Waals surface area contributed by atoms with Crippen LogP contribution in [-0.2, 0) is 0 Å². The third-order valence-electron chi connectivity index (χ3n) is 3.50. The normalized spacial score (nSPS) is 24.7. The fraction of sp³-hybridized carbons (Fsp3) is 0.500. The molecule has 1 saturated carbocycles. The molecule has 0 amide bonds. The van der Waals surface area contributed by atoms with Gasteiger partial charge in [-0.15, -0.1) is 11.6 Å². The Kier molecular flexibility index (Phi) is 3.75. The van der Waals surface area contributed by atoms with Crippen molar-refractivity contribution in [1.82, 2.24) is 0 Å². The van der Waals surface area contributed by atoms with Gasteiger partial charge in [-0.1, -0.05) is 13.8 Å². The van der Waals surface area contributed by atoms with Crippen molar-refractivity contribution in [3.63, 3.8) is 0 Å². The Hall–Kier alpha value is -0.880. The Morgan fingerprint density at radius 1 is 1.58 bits per heavy atom. The molecule has 19 heavy (non-hydrogen) atoms. The van der Waals surface area contributed by atoms with Crippen molar-refractivity contribution in [3.05, 3.63) is 32.5 Å². The van der Waals surface area contributed by atoms with E-state index in [9.17, 15) is 14.5 Å². The monoisotopic (exact) mass is 351 g/mol. The molecule has 0 aliphatic heterocycles. The van der Waals surface area contributed by atoms with E-state index in [1.807, 2.05) is 13.8 Å². The molecule has 1 aromatic carbocycles. The van der Waals surface area contributed by atoms with Crippen LogP contribution in [0.2, 0.25) is 0 Å². The highest BCUT2D eigenvalue weighted by molar-refractivity contribution is 9.10. The number of benzene rings is 1. The van der Waals surface area contributed by atoms with Crippen molar-refractivity contribution < 1.29 is 14.1 Å². The molecule has 2 atom stereocenters. The van der Waals surface area contributed by atoms with Gasteiger partial charge < -0.3 is 4.74 Å². The molecule has 0 N–H and O–H groups in total. The molecule has 104 valence electrons. The number of nitro benzene ring substituents is 1. The summed E-state index contributed by atoms with van der Waals surface area (Å²) >= 11 is 9.18. The van der Waals surface area contributed by atoms with E-state index in [-0.39, 0.29) is 32.8 Å². The third kappa shape index (κ3) is 2.56. The molecule has 1 fully saturated rings. The lowest BCUT2D eigenvalue weighted by Crippen LogP contribution is -2.53. The van der Waals surface area contributed by atoms with E-state index in [1.165, 1.54) is 0 Å². The Bertz CT molecular complexity index is 538. The minimum Gasteiger partial charge on any atom is -0.482 e. The fourth-order valence-corrected chi connectivity index (χ4v) is 2.80. The number of alkyl halides is 1. The molecule has 0 spiro atoms. The first-order valence-corrected chi connectivity index (χ1v) is 6.90. The van der Waals surface area contributed by atoms with Gasteiger partial charge in [-0.3, -0.25) is 10.1 Å². The summed E-state index contributed by atoms with van der Waals surface area (Å²) < 4.78 is 19.1. The molecule has 0 aromatic heterocycles. The van der Waals surface area contributed by atoms with Crippen LogP contribution in [0.3, 0.4) is 0 Å². The number of halogens is 3. The number of ether oxygens (including phenoxy) is 1. The van der Waals surface area contributed by atoms with Crippen molar-refractivity contribution >= 4 is 33.2 Å². The first-order valence-electron chi connectivity index (χ1n) is 5.67. The van der Waals surface area contributed by atoms with E-state index in [4.69, 9.17) is 16.3 Å². The quantitative estimate of drug-likeness (QED) is 0.463. The van der Waals surface area contributed by atoms with E-state index in [0.717, 1.165) is 12.1 Å². The largest absolute Gasteiger partial charge is 0.482 e. The van der Waals surface area contributed by atoms with Gasteiger partial charge in [0.05, 0.1) is 15.5 Å². The van der Waals surface area contributed by atoms with Gasteiger partial charge >= 0.3 is 5.69 Å². The second-order valence-electron chi connectivity index (χ2n) is 5.12. The molecule has 0 heterocycles. The van der Waals surface area contributed by atoms with Gasteiger partial charge in [0.15, 0.2) is 0 Å². The molecule has 1 aliphatic rings. The minimum absolute atomic E-state index is 0.0317. The lowest BCUT2D eigenvalue weighted by Gasteiger charge is -2.48. The van der Waals surface area contributed by atoms with E-state index in [1.54, 1.807) is 0 Å². The fourth-order valence-electron chi connectivity index (χ4n) is 1.98. The SMILES string of the molecule is CC1(C)C(Cl)CC1Oc1c(Br)cc(F)cc1[N+](=O)[O-]. The van der Waals surface area contributed by atoms with Crippen LogP contribution in [0.1, 0.15) is 20.3 Å². The molecule has 1 aromatic rings. The van der Waals surface area contributed by atoms with Crippen LogP contribution >= 0.6 is 27.5 Å². The molecule has 0 radical (unpaired) electrons. The zero-order chi connectivity index (χ0) is 14.4. The van der Waals surface area contributed by atoms with Crippen LogP contribution in [-0.4, -0.2) is 16.4 Å². The van der Waals surface area contributed by atoms with Crippen LogP contribution in [0, 0.1) is 21.3 Å². The van der Waals surface area contributed by atoms with Crippen molar-refractivity contribution in [2.45, 2.75) is 31.7 Å². The van der Waals surface area contributed by atoms with Gasteiger partial charge in [0.25, 0.3) is 0 Å². The molecular weight excluding hydrogens is 340 g/mol. The highest BCUT2D eigenvalue weighted by Crippen LogP contribution is 2.48. The third-order valence-corrected chi connectivity index (χ3v) is 4.83. The Morgan fingerprint density at radius 2 is 2.21 bits per heavy atom. The standard InChI is InChI=1S/C12H12BrClFNO3/c1-12(2)9(14)5-10(12)19-11-7(13)3-6(15)4-8(11)16(17)18/h3-4,9-10H,5H2,1-2H3. The van der Waals surface area contributed by atoms with Crippen LogP contribution < -0.4 is 4.74 Å². The van der Waals surface area contributed by atoms with Crippen LogP contribution in [0.4, 0.5) is 10.1 Å². The maximum atomic E-state index is 13.2. The molecular formula is C12H12BrClFNO3. The second kappa shape index (κ2) is 4.90. The average molecular weight is 353 g/mol. The van der Waals surface area contributed by atoms with Gasteiger partial charge in [0.2, 0.25) is 5.75 Å². The molecule has 0 bridgehead atoms. The lowest BCUT2D eigenvalue weighted by atomic mass is 9.68. The summed E-state index contributed by atoms with van der Waals surface area (Å²) in [5.41, 5.74) is -0.663. The summed E-state index contributed by atoms with van der Waals surface area (Å²) in [5.74, 6) is -0.637. The zero-order valence-electron chi connectivity index (χ0n) is 10.3. The summed E-state index contributed by atoms with van der Waals surface area (Å²) in [4.78, 5) is 10.3. The van der Waals surface area contributed by atoms with Crippen molar-refractivity contribution in [3.8, 4) is 5.75 Å². The summed E-state index contributed by atoms with van der Waals surface area (Å²) in [6, 6.07) is 2.00. The Balaban J connectivity index is 2.33. The zero-order valence-corrected chi connectivity index (χ0v) is 12.7. The van der Waals surface area contributed by atoms with E-state index in [2.05, 4.69) is 15.9 Å². The number of rotatable bonds is 3. The molecule has 2 rings (SSSR count). The number of nitrogens with zero attached hydrogens (tertiary/aromatic N) is 1. The molecule has 1 aliphatic carbocycles. The average Bonchev–Trinajstić information content (AvgIpc) is 2.30. The Labute approximate surface area is 123 Å². The van der Waals surface area contributed by atoms with E-state index in [0.29, 0.717) is 6.42 Å². The molecule has 4 nitrogen and oxygen atoms in total. The lowest BCUT2D eigenvalue weighted by molar-refractivity contribution is -0.386. The van der Waals surface area contributed by atoms with Crippen molar-refractivity contribution in [1.29, 1.82) is 0 Å². The van der Waals surface area contributed by atoms with Gasteiger partial charge in [0.1, 0.15) is 11.9 Å². The van der Waals surface area contributed by atoms with Crippen LogP contribution in [0.25, 0.3) is 0 Å². The van der Waals surface area contributed by atoms with Crippen molar-refractivity contribution in [2.75, 3.05) is 0 Å². The van der Waals surface area contributed by atoms with E-state index < -0.39 is 10.7 Å². The highest BCUT2D eigenvalue weighted by atomic mass is 79.9. The first-order chi connectivity index (χ1) is 8.73. The molecule has 7 heteroatoms. The maximum absolute atomic E-state index is 13.2. The summed E-state index contributed by atoms with van der Waals surface area (Å²) in [7, 11) is 0.